The Labute approximate surface area is 94.9 Å². The summed E-state index contributed by atoms with van der Waals surface area (Å²) in [5.41, 5.74) is 2.32. The lowest BCUT2D eigenvalue weighted by Crippen LogP contribution is -2.29. The SMILES string of the molecule is Cc1ccc(CN2CC(CO)NC2=O)cc1. The van der Waals surface area contributed by atoms with Gasteiger partial charge in [0.1, 0.15) is 0 Å². The average molecular weight is 220 g/mol. The molecule has 2 N–H and O–H groups in total. The van der Waals surface area contributed by atoms with Gasteiger partial charge in [-0.25, -0.2) is 4.79 Å². The minimum Gasteiger partial charge on any atom is -0.394 e. The highest BCUT2D eigenvalue weighted by Gasteiger charge is 2.27. The first-order valence-corrected chi connectivity index (χ1v) is 5.41. The highest BCUT2D eigenvalue weighted by Crippen LogP contribution is 2.11. The van der Waals surface area contributed by atoms with Gasteiger partial charge in [-0.1, -0.05) is 29.8 Å². The Balaban J connectivity index is 2.00. The summed E-state index contributed by atoms with van der Waals surface area (Å²) in [6.07, 6.45) is 0. The Kier molecular flexibility index (Phi) is 3.10. The number of amides is 2. The lowest BCUT2D eigenvalue weighted by molar-refractivity contribution is 0.215. The van der Waals surface area contributed by atoms with Crippen LogP contribution in [0.4, 0.5) is 4.79 Å². The molecule has 1 unspecified atom stereocenters. The van der Waals surface area contributed by atoms with Crippen LogP contribution >= 0.6 is 0 Å². The maximum Gasteiger partial charge on any atom is 0.318 e. The Morgan fingerprint density at radius 1 is 1.44 bits per heavy atom. The summed E-state index contributed by atoms with van der Waals surface area (Å²) in [6, 6.07) is 7.89. The van der Waals surface area contributed by atoms with Gasteiger partial charge in [0.15, 0.2) is 0 Å². The molecule has 86 valence electrons. The van der Waals surface area contributed by atoms with Crippen LogP contribution in [-0.4, -0.2) is 35.2 Å². The predicted molar refractivity (Wildman–Crippen MR) is 61.0 cm³/mol. The highest BCUT2D eigenvalue weighted by molar-refractivity contribution is 5.76. The summed E-state index contributed by atoms with van der Waals surface area (Å²) in [5.74, 6) is 0. The molecule has 1 aliphatic heterocycles. The summed E-state index contributed by atoms with van der Waals surface area (Å²) in [4.78, 5) is 13.2. The lowest BCUT2D eigenvalue weighted by atomic mass is 10.1. The second-order valence-corrected chi connectivity index (χ2v) is 4.20. The van der Waals surface area contributed by atoms with E-state index >= 15 is 0 Å². The topological polar surface area (TPSA) is 52.6 Å². The third-order valence-electron chi connectivity index (χ3n) is 2.77. The van der Waals surface area contributed by atoms with Crippen molar-refractivity contribution in [3.8, 4) is 0 Å². The van der Waals surface area contributed by atoms with Crippen molar-refractivity contribution < 1.29 is 9.90 Å². The van der Waals surface area contributed by atoms with E-state index in [0.717, 1.165) is 5.56 Å². The first kappa shape index (κ1) is 11.0. The number of hydrogen-bond donors (Lipinski definition) is 2. The molecular weight excluding hydrogens is 204 g/mol. The molecule has 2 rings (SSSR count). The van der Waals surface area contributed by atoms with Gasteiger partial charge >= 0.3 is 6.03 Å². The van der Waals surface area contributed by atoms with Gasteiger partial charge in [0.05, 0.1) is 12.6 Å². The fraction of sp³-hybridized carbons (Fsp3) is 0.417. The molecule has 0 aliphatic carbocycles. The van der Waals surface area contributed by atoms with Gasteiger partial charge in [0.25, 0.3) is 0 Å². The van der Waals surface area contributed by atoms with Crippen LogP contribution in [0.5, 0.6) is 0 Å². The van der Waals surface area contributed by atoms with Crippen molar-refractivity contribution >= 4 is 6.03 Å². The van der Waals surface area contributed by atoms with E-state index in [9.17, 15) is 4.79 Å². The van der Waals surface area contributed by atoms with Crippen molar-refractivity contribution in [3.05, 3.63) is 35.4 Å². The normalized spacial score (nSPS) is 20.0. The number of nitrogens with one attached hydrogen (secondary N) is 1. The maximum atomic E-state index is 11.5. The third-order valence-corrected chi connectivity index (χ3v) is 2.77. The minimum absolute atomic E-state index is 0.00383. The fourth-order valence-corrected chi connectivity index (χ4v) is 1.81. The first-order valence-electron chi connectivity index (χ1n) is 5.41. The zero-order valence-corrected chi connectivity index (χ0v) is 9.31. The van der Waals surface area contributed by atoms with Crippen molar-refractivity contribution in [2.24, 2.45) is 0 Å². The highest BCUT2D eigenvalue weighted by atomic mass is 16.3. The molecule has 0 spiro atoms. The molecule has 2 amide bonds. The molecule has 16 heavy (non-hydrogen) atoms. The number of carbonyl (C=O) groups excluding carboxylic acids is 1. The molecule has 1 heterocycles. The summed E-state index contributed by atoms with van der Waals surface area (Å²) in [5, 5.41) is 11.7. The van der Waals surface area contributed by atoms with Crippen molar-refractivity contribution in [2.45, 2.75) is 19.5 Å². The van der Waals surface area contributed by atoms with Gasteiger partial charge in [-0.15, -0.1) is 0 Å². The van der Waals surface area contributed by atoms with E-state index in [1.165, 1.54) is 5.56 Å². The summed E-state index contributed by atoms with van der Waals surface area (Å²) in [7, 11) is 0. The van der Waals surface area contributed by atoms with Crippen molar-refractivity contribution in [1.82, 2.24) is 10.2 Å². The van der Waals surface area contributed by atoms with Gasteiger partial charge in [-0.3, -0.25) is 0 Å². The van der Waals surface area contributed by atoms with Crippen LogP contribution in [0.3, 0.4) is 0 Å². The Bertz CT molecular complexity index is 375. The number of carbonyl (C=O) groups is 1. The van der Waals surface area contributed by atoms with E-state index in [-0.39, 0.29) is 18.7 Å². The van der Waals surface area contributed by atoms with Crippen LogP contribution in [-0.2, 0) is 6.54 Å². The van der Waals surface area contributed by atoms with Crippen LogP contribution in [0.15, 0.2) is 24.3 Å². The van der Waals surface area contributed by atoms with Gasteiger partial charge in [0, 0.05) is 13.1 Å². The fourth-order valence-electron chi connectivity index (χ4n) is 1.81. The molecule has 0 radical (unpaired) electrons. The summed E-state index contributed by atoms with van der Waals surface area (Å²) in [6.45, 7) is 3.20. The Morgan fingerprint density at radius 3 is 2.69 bits per heavy atom. The number of hydrogen-bond acceptors (Lipinski definition) is 2. The van der Waals surface area contributed by atoms with Crippen LogP contribution < -0.4 is 5.32 Å². The number of nitrogens with zero attached hydrogens (tertiary/aromatic N) is 1. The molecule has 1 saturated heterocycles. The zero-order valence-electron chi connectivity index (χ0n) is 9.31. The van der Waals surface area contributed by atoms with Crippen LogP contribution in [0, 0.1) is 6.92 Å². The molecule has 1 aliphatic rings. The van der Waals surface area contributed by atoms with E-state index < -0.39 is 0 Å². The second-order valence-electron chi connectivity index (χ2n) is 4.20. The van der Waals surface area contributed by atoms with E-state index in [2.05, 4.69) is 5.32 Å². The lowest BCUT2D eigenvalue weighted by Gasteiger charge is -2.14. The predicted octanol–water partition coefficient (Wildman–Crippen LogP) is 0.881. The van der Waals surface area contributed by atoms with Gasteiger partial charge < -0.3 is 15.3 Å². The minimum atomic E-state index is -0.127. The largest absolute Gasteiger partial charge is 0.394 e. The number of aliphatic hydroxyl groups is 1. The summed E-state index contributed by atoms with van der Waals surface area (Å²) >= 11 is 0. The van der Waals surface area contributed by atoms with E-state index in [4.69, 9.17) is 5.11 Å². The molecule has 1 fully saturated rings. The molecule has 4 heteroatoms. The molecule has 1 atom stereocenters. The zero-order chi connectivity index (χ0) is 11.5. The number of aryl methyl sites for hydroxylation is 1. The molecule has 1 aromatic rings. The molecule has 4 nitrogen and oxygen atoms in total. The Hall–Kier alpha value is -1.55. The number of aliphatic hydroxyl groups excluding tert-OH is 1. The number of urea groups is 1. The van der Waals surface area contributed by atoms with E-state index in [1.807, 2.05) is 31.2 Å². The number of benzene rings is 1. The quantitative estimate of drug-likeness (QED) is 0.794. The second kappa shape index (κ2) is 4.53. The third kappa shape index (κ3) is 2.33. The Morgan fingerprint density at radius 2 is 2.12 bits per heavy atom. The van der Waals surface area contributed by atoms with Crippen molar-refractivity contribution in [2.75, 3.05) is 13.2 Å². The maximum absolute atomic E-state index is 11.5. The van der Waals surface area contributed by atoms with Crippen LogP contribution in [0.1, 0.15) is 11.1 Å². The molecule has 1 aromatic carbocycles. The average Bonchev–Trinajstić information content (AvgIpc) is 2.63. The van der Waals surface area contributed by atoms with E-state index in [1.54, 1.807) is 4.90 Å². The number of rotatable bonds is 3. The standard InChI is InChI=1S/C12H16N2O2/c1-9-2-4-10(5-3-9)6-14-7-11(8-15)13-12(14)16/h2-5,11,15H,6-8H2,1H3,(H,13,16). The first-order chi connectivity index (χ1) is 7.69. The van der Waals surface area contributed by atoms with Gasteiger partial charge in [-0.05, 0) is 12.5 Å². The molecule has 0 bridgehead atoms. The van der Waals surface area contributed by atoms with Crippen molar-refractivity contribution in [3.63, 3.8) is 0 Å². The smallest absolute Gasteiger partial charge is 0.318 e. The summed E-state index contributed by atoms with van der Waals surface area (Å²) < 4.78 is 0. The van der Waals surface area contributed by atoms with Gasteiger partial charge in [-0.2, -0.15) is 0 Å². The van der Waals surface area contributed by atoms with Gasteiger partial charge in [0.2, 0.25) is 0 Å². The molecule has 0 aromatic heterocycles. The molecule has 0 saturated carbocycles. The molecular formula is C12H16N2O2. The van der Waals surface area contributed by atoms with Crippen LogP contribution in [0.2, 0.25) is 0 Å². The van der Waals surface area contributed by atoms with E-state index in [0.29, 0.717) is 13.1 Å². The van der Waals surface area contributed by atoms with Crippen molar-refractivity contribution in [1.29, 1.82) is 0 Å². The monoisotopic (exact) mass is 220 g/mol. The van der Waals surface area contributed by atoms with Crippen LogP contribution in [0.25, 0.3) is 0 Å².